The van der Waals surface area contributed by atoms with E-state index in [4.69, 9.17) is 26.0 Å². The first-order chi connectivity index (χ1) is 15.8. The van der Waals surface area contributed by atoms with E-state index >= 15 is 0 Å². The maximum atomic E-state index is 12.7. The molecule has 0 bridgehead atoms. The topological polar surface area (TPSA) is 118 Å². The molecule has 0 aliphatic rings. The van der Waals surface area contributed by atoms with Crippen LogP contribution in [0.4, 0.5) is 5.69 Å². The van der Waals surface area contributed by atoms with Gasteiger partial charge in [-0.2, -0.15) is 5.26 Å². The van der Waals surface area contributed by atoms with E-state index in [1.807, 2.05) is 6.07 Å². The molecule has 0 N–H and O–H groups in total. The molecule has 0 saturated heterocycles. The van der Waals surface area contributed by atoms with E-state index in [2.05, 4.69) is 0 Å². The van der Waals surface area contributed by atoms with Crippen LogP contribution in [-0.4, -0.2) is 33.4 Å². The molecule has 3 rings (SSSR count). The summed E-state index contributed by atoms with van der Waals surface area (Å²) in [4.78, 5) is 26.6. The fourth-order valence-electron chi connectivity index (χ4n) is 3.02. The number of esters is 1. The molecule has 0 aliphatic carbocycles. The maximum Gasteiger partial charge on any atom is 0.375 e. The average Bonchev–Trinajstić information content (AvgIpc) is 3.26. The zero-order valence-electron chi connectivity index (χ0n) is 17.3. The predicted octanol–water partition coefficient (Wildman–Crippen LogP) is 4.01. The lowest BCUT2D eigenvalue weighted by molar-refractivity contribution is -0.121. The van der Waals surface area contributed by atoms with Crippen molar-refractivity contribution in [1.82, 2.24) is 0 Å². The molecule has 2 aromatic carbocycles. The molecule has 1 aromatic heterocycles. The number of amides is 1. The lowest BCUT2D eigenvalue weighted by Gasteiger charge is -2.21. The Bertz CT molecular complexity index is 1280. The zero-order chi connectivity index (χ0) is 23.8. The SMILES string of the molecule is N#CCCN(C(=O)COC(=O)c1occc1CS(=O)(=O)c1ccccc1)c1cccc(Cl)c1. The number of ether oxygens (including phenoxy) is 1. The molecule has 0 fully saturated rings. The number of carbonyl (C=O) groups is 2. The summed E-state index contributed by atoms with van der Waals surface area (Å²) in [6.45, 7) is -0.559. The number of benzene rings is 2. The highest BCUT2D eigenvalue weighted by Gasteiger charge is 2.25. The van der Waals surface area contributed by atoms with Gasteiger partial charge >= 0.3 is 5.97 Å². The number of sulfone groups is 1. The quantitative estimate of drug-likeness (QED) is 0.419. The second-order valence-electron chi connectivity index (χ2n) is 6.86. The Morgan fingerprint density at radius 2 is 1.85 bits per heavy atom. The van der Waals surface area contributed by atoms with Gasteiger partial charge in [-0.05, 0) is 36.4 Å². The van der Waals surface area contributed by atoms with Crippen molar-refractivity contribution in [2.24, 2.45) is 0 Å². The van der Waals surface area contributed by atoms with Gasteiger partial charge in [-0.1, -0.05) is 35.9 Å². The molecule has 8 nitrogen and oxygen atoms in total. The fourth-order valence-corrected chi connectivity index (χ4v) is 4.58. The van der Waals surface area contributed by atoms with E-state index in [0.29, 0.717) is 10.7 Å². The molecular formula is C23H19ClN2O6S. The van der Waals surface area contributed by atoms with Crippen molar-refractivity contribution in [2.75, 3.05) is 18.1 Å². The summed E-state index contributed by atoms with van der Waals surface area (Å²) in [5.41, 5.74) is 0.568. The first kappa shape index (κ1) is 24.0. The number of hydrogen-bond donors (Lipinski definition) is 0. The number of halogens is 1. The summed E-state index contributed by atoms with van der Waals surface area (Å²) in [5.74, 6) is -2.32. The molecule has 33 heavy (non-hydrogen) atoms. The molecule has 170 valence electrons. The van der Waals surface area contributed by atoms with Gasteiger partial charge in [0, 0.05) is 22.8 Å². The molecule has 3 aromatic rings. The van der Waals surface area contributed by atoms with Crippen molar-refractivity contribution in [2.45, 2.75) is 17.1 Å². The molecular weight excluding hydrogens is 468 g/mol. The van der Waals surface area contributed by atoms with Gasteiger partial charge in [-0.15, -0.1) is 0 Å². The highest BCUT2D eigenvalue weighted by Crippen LogP contribution is 2.22. The Hall–Kier alpha value is -3.61. The fraction of sp³-hybridized carbons (Fsp3) is 0.174. The Kier molecular flexibility index (Phi) is 7.87. The van der Waals surface area contributed by atoms with Gasteiger partial charge in [0.05, 0.1) is 29.4 Å². The minimum Gasteiger partial charge on any atom is -0.457 e. The van der Waals surface area contributed by atoms with E-state index in [0.717, 1.165) is 0 Å². The molecule has 0 aliphatic heterocycles. The highest BCUT2D eigenvalue weighted by molar-refractivity contribution is 7.90. The minimum atomic E-state index is -3.72. The highest BCUT2D eigenvalue weighted by atomic mass is 35.5. The minimum absolute atomic E-state index is 0.0614. The second kappa shape index (κ2) is 10.8. The van der Waals surface area contributed by atoms with E-state index in [-0.39, 0.29) is 29.2 Å². The third kappa shape index (κ3) is 6.22. The number of hydrogen-bond acceptors (Lipinski definition) is 7. The number of rotatable bonds is 9. The van der Waals surface area contributed by atoms with Crippen molar-refractivity contribution >= 4 is 39.0 Å². The van der Waals surface area contributed by atoms with Crippen molar-refractivity contribution in [3.05, 3.63) is 83.3 Å². The van der Waals surface area contributed by atoms with Crippen LogP contribution in [0.3, 0.4) is 0 Å². The van der Waals surface area contributed by atoms with Crippen LogP contribution >= 0.6 is 11.6 Å². The summed E-state index contributed by atoms with van der Waals surface area (Å²) in [7, 11) is -3.72. The van der Waals surface area contributed by atoms with Crippen LogP contribution in [-0.2, 0) is 25.1 Å². The number of anilines is 1. The van der Waals surface area contributed by atoms with Gasteiger partial charge in [0.25, 0.3) is 5.91 Å². The van der Waals surface area contributed by atoms with Crippen LogP contribution in [0.2, 0.25) is 5.02 Å². The lowest BCUT2D eigenvalue weighted by atomic mass is 10.2. The smallest absolute Gasteiger partial charge is 0.375 e. The average molecular weight is 487 g/mol. The number of nitrogens with zero attached hydrogens (tertiary/aromatic N) is 2. The first-order valence-corrected chi connectivity index (χ1v) is 11.8. The van der Waals surface area contributed by atoms with Crippen LogP contribution in [0.25, 0.3) is 0 Å². The molecule has 0 saturated carbocycles. The predicted molar refractivity (Wildman–Crippen MR) is 120 cm³/mol. The van der Waals surface area contributed by atoms with Gasteiger partial charge in [-0.3, -0.25) is 4.79 Å². The van der Waals surface area contributed by atoms with E-state index in [9.17, 15) is 18.0 Å². The Morgan fingerprint density at radius 3 is 2.55 bits per heavy atom. The van der Waals surface area contributed by atoms with E-state index < -0.39 is 34.1 Å². The summed E-state index contributed by atoms with van der Waals surface area (Å²) in [6.07, 6.45) is 1.24. The molecule has 1 amide bonds. The van der Waals surface area contributed by atoms with Crippen LogP contribution in [0.15, 0.2) is 76.2 Å². The van der Waals surface area contributed by atoms with Crippen LogP contribution in [0.5, 0.6) is 0 Å². The van der Waals surface area contributed by atoms with Crippen LogP contribution in [0.1, 0.15) is 22.5 Å². The Balaban J connectivity index is 1.70. The summed E-state index contributed by atoms with van der Waals surface area (Å²) in [5, 5.41) is 9.29. The van der Waals surface area contributed by atoms with E-state index in [1.54, 1.807) is 42.5 Å². The third-order valence-corrected chi connectivity index (χ3v) is 6.49. The Labute approximate surface area is 195 Å². The third-order valence-electron chi connectivity index (χ3n) is 4.57. The van der Waals surface area contributed by atoms with Crippen molar-refractivity contribution in [3.63, 3.8) is 0 Å². The van der Waals surface area contributed by atoms with Gasteiger partial charge < -0.3 is 14.1 Å². The first-order valence-electron chi connectivity index (χ1n) is 9.76. The van der Waals surface area contributed by atoms with Gasteiger partial charge in [0.1, 0.15) is 0 Å². The lowest BCUT2D eigenvalue weighted by Crippen LogP contribution is -2.35. The largest absolute Gasteiger partial charge is 0.457 e. The van der Waals surface area contributed by atoms with Crippen LogP contribution in [0, 0.1) is 11.3 Å². The molecule has 0 unspecified atom stereocenters. The number of nitriles is 1. The monoisotopic (exact) mass is 486 g/mol. The van der Waals surface area contributed by atoms with Crippen LogP contribution < -0.4 is 4.90 Å². The van der Waals surface area contributed by atoms with Crippen molar-refractivity contribution in [3.8, 4) is 6.07 Å². The molecule has 0 spiro atoms. The maximum absolute atomic E-state index is 12.7. The van der Waals surface area contributed by atoms with Crippen molar-refractivity contribution < 1.29 is 27.2 Å². The second-order valence-corrected chi connectivity index (χ2v) is 9.28. The molecule has 0 radical (unpaired) electrons. The molecule has 0 atom stereocenters. The molecule has 1 heterocycles. The Morgan fingerprint density at radius 1 is 1.09 bits per heavy atom. The summed E-state index contributed by atoms with van der Waals surface area (Å²) in [6, 6.07) is 17.6. The zero-order valence-corrected chi connectivity index (χ0v) is 18.9. The molecule has 10 heteroatoms. The standard InChI is InChI=1S/C23H19ClN2O6S/c24-18-6-4-7-19(14-18)26(12-5-11-25)21(27)15-32-23(28)22-17(10-13-31-22)16-33(29,30)20-8-2-1-3-9-20/h1-4,6-10,13-14H,5,12,15-16H2. The van der Waals surface area contributed by atoms with E-state index in [1.165, 1.54) is 29.4 Å². The number of carbonyl (C=O) groups excluding carboxylic acids is 2. The summed E-state index contributed by atoms with van der Waals surface area (Å²) < 4.78 is 35.5. The normalized spacial score (nSPS) is 10.9. The van der Waals surface area contributed by atoms with Gasteiger partial charge in [0.2, 0.25) is 5.76 Å². The summed E-state index contributed by atoms with van der Waals surface area (Å²) >= 11 is 5.99. The van der Waals surface area contributed by atoms with Gasteiger partial charge in [0.15, 0.2) is 16.4 Å². The van der Waals surface area contributed by atoms with Gasteiger partial charge in [-0.25, -0.2) is 13.2 Å². The van der Waals surface area contributed by atoms with Crippen molar-refractivity contribution in [1.29, 1.82) is 5.26 Å². The number of furan rings is 1.